The fraction of sp³-hybridized carbons (Fsp3) is 0.278. The first-order valence-electron chi connectivity index (χ1n) is 8.30. The Morgan fingerprint density at radius 3 is 2.96 bits per heavy atom. The minimum atomic E-state index is -0.339. The summed E-state index contributed by atoms with van der Waals surface area (Å²) >= 11 is 1.58. The van der Waals surface area contributed by atoms with Crippen molar-refractivity contribution in [2.45, 2.75) is 25.2 Å². The highest BCUT2D eigenvalue weighted by molar-refractivity contribution is 7.10. The van der Waals surface area contributed by atoms with E-state index in [2.05, 4.69) is 42.8 Å². The highest BCUT2D eigenvalue weighted by Crippen LogP contribution is 2.36. The smallest absolute Gasteiger partial charge is 0.299 e. The molecule has 1 saturated carbocycles. The highest BCUT2D eigenvalue weighted by atomic mass is 32.1. The van der Waals surface area contributed by atoms with Crippen LogP contribution in [0.25, 0.3) is 0 Å². The predicted octanol–water partition coefficient (Wildman–Crippen LogP) is 2.60. The van der Waals surface area contributed by atoms with Crippen molar-refractivity contribution in [1.82, 2.24) is 25.6 Å². The molecule has 7 nitrogen and oxygen atoms in total. The van der Waals surface area contributed by atoms with E-state index in [9.17, 15) is 4.79 Å². The number of nitrogens with zero attached hydrogens (tertiary/aromatic N) is 5. The second-order valence-electron chi connectivity index (χ2n) is 6.11. The molecule has 26 heavy (non-hydrogen) atoms. The first-order valence-corrected chi connectivity index (χ1v) is 9.17. The summed E-state index contributed by atoms with van der Waals surface area (Å²) in [6, 6.07) is 7.46. The van der Waals surface area contributed by atoms with E-state index >= 15 is 0 Å². The molecule has 0 aliphatic heterocycles. The number of tetrazole rings is 1. The maximum atomic E-state index is 12.3. The summed E-state index contributed by atoms with van der Waals surface area (Å²) in [5, 5.41) is 16.1. The van der Waals surface area contributed by atoms with Gasteiger partial charge < -0.3 is 4.90 Å². The van der Waals surface area contributed by atoms with E-state index in [1.165, 1.54) is 29.9 Å². The van der Waals surface area contributed by atoms with Gasteiger partial charge in [-0.3, -0.25) is 4.79 Å². The normalized spacial score (nSPS) is 13.6. The summed E-state index contributed by atoms with van der Waals surface area (Å²) in [7, 11) is 1.66. The number of H-pyrrole nitrogens is 1. The van der Waals surface area contributed by atoms with Gasteiger partial charge in [0.1, 0.15) is 0 Å². The molecule has 0 bridgehead atoms. The number of hydrogen-bond acceptors (Lipinski definition) is 6. The molecule has 1 aliphatic carbocycles. The third-order valence-corrected chi connectivity index (χ3v) is 5.21. The number of benzene rings is 1. The highest BCUT2D eigenvalue weighted by Gasteiger charge is 2.21. The zero-order valence-electron chi connectivity index (χ0n) is 14.1. The van der Waals surface area contributed by atoms with Gasteiger partial charge in [-0.25, -0.2) is 4.98 Å². The van der Waals surface area contributed by atoms with Gasteiger partial charge in [-0.05, 0) is 42.2 Å². The number of amides is 1. The number of anilines is 1. The third kappa shape index (κ3) is 3.34. The van der Waals surface area contributed by atoms with Crippen LogP contribution in [0.2, 0.25) is 0 Å². The van der Waals surface area contributed by atoms with Crippen molar-refractivity contribution < 1.29 is 4.79 Å². The number of rotatable bonds is 3. The van der Waals surface area contributed by atoms with Gasteiger partial charge in [-0.2, -0.15) is 5.21 Å². The molecule has 0 atom stereocenters. The van der Waals surface area contributed by atoms with Gasteiger partial charge in [0.25, 0.3) is 11.7 Å². The van der Waals surface area contributed by atoms with Crippen LogP contribution < -0.4 is 4.90 Å². The number of carbonyl (C=O) groups is 1. The molecule has 2 heterocycles. The van der Waals surface area contributed by atoms with Crippen LogP contribution in [-0.4, -0.2) is 38.6 Å². The minimum Gasteiger partial charge on any atom is -0.309 e. The lowest BCUT2D eigenvalue weighted by molar-refractivity contribution is 0.0983. The zero-order chi connectivity index (χ0) is 17.9. The van der Waals surface area contributed by atoms with Crippen molar-refractivity contribution in [3.05, 3.63) is 51.7 Å². The molecule has 130 valence electrons. The van der Waals surface area contributed by atoms with Crippen LogP contribution in [0.3, 0.4) is 0 Å². The Bertz CT molecular complexity index is 981. The summed E-state index contributed by atoms with van der Waals surface area (Å²) in [5.74, 6) is 6.55. The standard InChI is InChI=1S/C18H16N6OS/c1-24(18(25)17-20-22-23-21-17)14-7-2-4-12(10-14)8-9-16-19-15(11-26-16)13-5-3-6-13/h2,4,7,10-11,13H,3,5-6H2,1H3,(H,20,21,22,23). The van der Waals surface area contributed by atoms with Gasteiger partial charge in [-0.15, -0.1) is 21.5 Å². The zero-order valence-corrected chi connectivity index (χ0v) is 15.0. The van der Waals surface area contributed by atoms with Gasteiger partial charge in [0.05, 0.1) is 5.69 Å². The van der Waals surface area contributed by atoms with Gasteiger partial charge in [0.2, 0.25) is 0 Å². The van der Waals surface area contributed by atoms with Crippen molar-refractivity contribution >= 4 is 22.9 Å². The molecule has 0 radical (unpaired) electrons. The predicted molar refractivity (Wildman–Crippen MR) is 98.0 cm³/mol. The fourth-order valence-electron chi connectivity index (χ4n) is 2.67. The van der Waals surface area contributed by atoms with Crippen LogP contribution in [-0.2, 0) is 0 Å². The molecule has 0 spiro atoms. The Kier molecular flexibility index (Phi) is 4.46. The molecule has 1 aromatic carbocycles. The van der Waals surface area contributed by atoms with Crippen molar-refractivity contribution in [3.63, 3.8) is 0 Å². The Labute approximate surface area is 154 Å². The Hall–Kier alpha value is -3.05. The fourth-order valence-corrected chi connectivity index (χ4v) is 3.42. The Morgan fingerprint density at radius 2 is 2.23 bits per heavy atom. The second kappa shape index (κ2) is 7.06. The van der Waals surface area contributed by atoms with Crippen molar-refractivity contribution in [1.29, 1.82) is 0 Å². The van der Waals surface area contributed by atoms with Crippen LogP contribution in [0.4, 0.5) is 5.69 Å². The number of aromatic amines is 1. The molecule has 4 rings (SSSR count). The average Bonchev–Trinajstić information content (AvgIpc) is 3.30. The number of hydrogen-bond donors (Lipinski definition) is 1. The van der Waals surface area contributed by atoms with Crippen molar-refractivity contribution in [2.24, 2.45) is 0 Å². The largest absolute Gasteiger partial charge is 0.309 e. The molecule has 0 saturated heterocycles. The average molecular weight is 364 g/mol. The monoisotopic (exact) mass is 364 g/mol. The van der Waals surface area contributed by atoms with E-state index in [0.717, 1.165) is 10.6 Å². The van der Waals surface area contributed by atoms with Gasteiger partial charge >= 0.3 is 0 Å². The summed E-state index contributed by atoms with van der Waals surface area (Å²) in [6.45, 7) is 0. The molecule has 8 heteroatoms. The first-order chi connectivity index (χ1) is 12.7. The molecule has 1 fully saturated rings. The van der Waals surface area contributed by atoms with E-state index in [4.69, 9.17) is 0 Å². The topological polar surface area (TPSA) is 87.7 Å². The number of nitrogens with one attached hydrogen (secondary N) is 1. The lowest BCUT2D eigenvalue weighted by Gasteiger charge is -2.22. The number of thiazole rings is 1. The SMILES string of the molecule is CN(C(=O)c1nn[nH]n1)c1cccc(C#Cc2nc(C3CCC3)cs2)c1. The maximum Gasteiger partial charge on any atom is 0.299 e. The van der Waals surface area contributed by atoms with Crippen LogP contribution in [0.5, 0.6) is 0 Å². The lowest BCUT2D eigenvalue weighted by atomic mass is 9.83. The molecule has 1 amide bonds. The molecule has 1 N–H and O–H groups in total. The summed E-state index contributed by atoms with van der Waals surface area (Å²) in [4.78, 5) is 18.4. The third-order valence-electron chi connectivity index (χ3n) is 4.43. The first kappa shape index (κ1) is 16.4. The second-order valence-corrected chi connectivity index (χ2v) is 6.96. The van der Waals surface area contributed by atoms with Gasteiger partial charge in [0, 0.05) is 29.6 Å². The van der Waals surface area contributed by atoms with Crippen molar-refractivity contribution in [3.8, 4) is 11.8 Å². The van der Waals surface area contributed by atoms with E-state index in [1.54, 1.807) is 18.4 Å². The maximum absolute atomic E-state index is 12.3. The van der Waals surface area contributed by atoms with Crippen LogP contribution >= 0.6 is 11.3 Å². The van der Waals surface area contributed by atoms with Crippen LogP contribution in [0.1, 0.15) is 52.1 Å². The van der Waals surface area contributed by atoms with Gasteiger partial charge in [-0.1, -0.05) is 18.4 Å². The van der Waals surface area contributed by atoms with Gasteiger partial charge in [0.15, 0.2) is 5.01 Å². The number of carbonyl (C=O) groups excluding carboxylic acids is 1. The molecular weight excluding hydrogens is 348 g/mol. The molecule has 1 aliphatic rings. The van der Waals surface area contributed by atoms with E-state index in [0.29, 0.717) is 11.6 Å². The lowest BCUT2D eigenvalue weighted by Crippen LogP contribution is -2.27. The van der Waals surface area contributed by atoms with Crippen LogP contribution in [0, 0.1) is 11.8 Å². The van der Waals surface area contributed by atoms with Crippen molar-refractivity contribution in [2.75, 3.05) is 11.9 Å². The van der Waals surface area contributed by atoms with E-state index < -0.39 is 0 Å². The van der Waals surface area contributed by atoms with Crippen LogP contribution in [0.15, 0.2) is 29.6 Å². The molecule has 0 unspecified atom stereocenters. The molecule has 3 aromatic rings. The summed E-state index contributed by atoms with van der Waals surface area (Å²) in [6.07, 6.45) is 3.77. The Balaban J connectivity index is 1.51. The quantitative estimate of drug-likeness (QED) is 0.722. The Morgan fingerprint density at radius 1 is 1.35 bits per heavy atom. The summed E-state index contributed by atoms with van der Waals surface area (Å²) < 4.78 is 0. The number of aromatic nitrogens is 5. The summed E-state index contributed by atoms with van der Waals surface area (Å²) in [5.41, 5.74) is 2.70. The minimum absolute atomic E-state index is 0.0234. The van der Waals surface area contributed by atoms with E-state index in [1.807, 2.05) is 24.3 Å². The van der Waals surface area contributed by atoms with E-state index in [-0.39, 0.29) is 11.7 Å². The molecule has 2 aromatic heterocycles. The molecular formula is C18H16N6OS.